The summed E-state index contributed by atoms with van der Waals surface area (Å²) < 4.78 is 42.2. The first kappa shape index (κ1) is 11.5. The van der Waals surface area contributed by atoms with Crippen molar-refractivity contribution in [2.75, 3.05) is 7.11 Å². The van der Waals surface area contributed by atoms with E-state index in [1.807, 2.05) is 0 Å². The summed E-state index contributed by atoms with van der Waals surface area (Å²) in [6.45, 7) is 0. The van der Waals surface area contributed by atoms with Crippen molar-refractivity contribution in [3.63, 3.8) is 0 Å². The third-order valence-corrected chi connectivity index (χ3v) is 2.34. The highest BCUT2D eigenvalue weighted by molar-refractivity contribution is 5.80. The van der Waals surface area contributed by atoms with E-state index >= 15 is 0 Å². The molecule has 1 aromatic heterocycles. The van der Waals surface area contributed by atoms with E-state index < -0.39 is 17.3 Å². The fourth-order valence-electron chi connectivity index (χ4n) is 1.51. The highest BCUT2D eigenvalue weighted by atomic mass is 19.4. The normalized spacial score (nSPS) is 11.8. The van der Waals surface area contributed by atoms with Crippen molar-refractivity contribution in [1.29, 1.82) is 0 Å². The summed E-state index contributed by atoms with van der Waals surface area (Å²) in [6, 6.07) is 4.80. The number of rotatable bonds is 1. The van der Waals surface area contributed by atoms with E-state index in [2.05, 4.69) is 4.98 Å². The molecule has 2 aromatic rings. The number of benzene rings is 1. The van der Waals surface area contributed by atoms with E-state index in [1.54, 1.807) is 0 Å². The molecule has 0 fully saturated rings. The molecule has 0 radical (unpaired) electrons. The maximum Gasteiger partial charge on any atom is 0.431 e. The molecule has 1 N–H and O–H groups in total. The SMILES string of the molecule is COc1ccc2[nH]c(C(F)(F)F)cc(=O)c2c1. The van der Waals surface area contributed by atoms with E-state index in [0.717, 1.165) is 0 Å². The van der Waals surface area contributed by atoms with Crippen LogP contribution in [0.5, 0.6) is 5.75 Å². The minimum Gasteiger partial charge on any atom is -0.497 e. The molecule has 0 aliphatic carbocycles. The van der Waals surface area contributed by atoms with Crippen LogP contribution >= 0.6 is 0 Å². The molecule has 0 saturated heterocycles. The van der Waals surface area contributed by atoms with Crippen LogP contribution < -0.4 is 10.2 Å². The number of halogens is 3. The Balaban J connectivity index is 2.73. The molecule has 0 atom stereocenters. The summed E-state index contributed by atoms with van der Waals surface area (Å²) in [5, 5.41) is 0.164. The summed E-state index contributed by atoms with van der Waals surface area (Å²) in [5.41, 5.74) is -1.62. The van der Waals surface area contributed by atoms with E-state index in [-0.39, 0.29) is 10.9 Å². The van der Waals surface area contributed by atoms with Crippen molar-refractivity contribution < 1.29 is 17.9 Å². The number of nitrogens with one attached hydrogen (secondary N) is 1. The molecule has 6 heteroatoms. The molecule has 1 heterocycles. The van der Waals surface area contributed by atoms with Crippen LogP contribution in [0.1, 0.15) is 5.69 Å². The van der Waals surface area contributed by atoms with Gasteiger partial charge < -0.3 is 9.72 Å². The van der Waals surface area contributed by atoms with Crippen LogP contribution in [0.4, 0.5) is 13.2 Å². The molecular formula is C11H8F3NO2. The van der Waals surface area contributed by atoms with Gasteiger partial charge in [-0.15, -0.1) is 0 Å². The highest BCUT2D eigenvalue weighted by Crippen LogP contribution is 2.28. The summed E-state index contributed by atoms with van der Waals surface area (Å²) in [6.07, 6.45) is -4.56. The summed E-state index contributed by atoms with van der Waals surface area (Å²) in [7, 11) is 1.42. The zero-order valence-corrected chi connectivity index (χ0v) is 8.76. The van der Waals surface area contributed by atoms with Gasteiger partial charge in [0.25, 0.3) is 0 Å². The van der Waals surface area contributed by atoms with Gasteiger partial charge in [-0.3, -0.25) is 4.79 Å². The molecule has 0 aliphatic heterocycles. The second-order valence-electron chi connectivity index (χ2n) is 3.46. The standard InChI is InChI=1S/C11H8F3NO2/c1-17-6-2-3-8-7(4-6)9(16)5-10(15-8)11(12,13)14/h2-5H,1H3,(H,15,16). The number of methoxy groups -OCH3 is 1. The topological polar surface area (TPSA) is 42.1 Å². The Labute approximate surface area is 93.8 Å². The smallest absolute Gasteiger partial charge is 0.431 e. The lowest BCUT2D eigenvalue weighted by molar-refractivity contribution is -0.141. The van der Waals surface area contributed by atoms with Crippen molar-refractivity contribution in [2.24, 2.45) is 0 Å². The third-order valence-electron chi connectivity index (χ3n) is 2.34. The predicted molar refractivity (Wildman–Crippen MR) is 56.1 cm³/mol. The molecule has 90 valence electrons. The van der Waals surface area contributed by atoms with Crippen LogP contribution in [0.15, 0.2) is 29.1 Å². The second-order valence-corrected chi connectivity index (χ2v) is 3.46. The van der Waals surface area contributed by atoms with E-state index in [4.69, 9.17) is 4.74 Å². The van der Waals surface area contributed by atoms with Crippen LogP contribution in [0.2, 0.25) is 0 Å². The van der Waals surface area contributed by atoms with Crippen molar-refractivity contribution >= 4 is 10.9 Å². The van der Waals surface area contributed by atoms with Crippen LogP contribution in [-0.2, 0) is 6.18 Å². The molecule has 0 spiro atoms. The summed E-state index contributed by atoms with van der Waals surface area (Å²) in [5.74, 6) is 0.419. The maximum absolute atomic E-state index is 12.4. The van der Waals surface area contributed by atoms with Gasteiger partial charge in [0.05, 0.1) is 7.11 Å². The van der Waals surface area contributed by atoms with Crippen LogP contribution in [0.3, 0.4) is 0 Å². The van der Waals surface area contributed by atoms with Crippen LogP contribution in [0, 0.1) is 0 Å². The molecule has 0 saturated carbocycles. The first-order valence-corrected chi connectivity index (χ1v) is 4.70. The lowest BCUT2D eigenvalue weighted by Gasteiger charge is -2.08. The fourth-order valence-corrected chi connectivity index (χ4v) is 1.51. The Morgan fingerprint density at radius 3 is 2.53 bits per heavy atom. The van der Waals surface area contributed by atoms with Gasteiger partial charge in [-0.05, 0) is 18.2 Å². The van der Waals surface area contributed by atoms with Crippen LogP contribution in [-0.4, -0.2) is 12.1 Å². The Hall–Kier alpha value is -1.98. The first-order valence-electron chi connectivity index (χ1n) is 4.70. The molecule has 0 unspecified atom stereocenters. The monoisotopic (exact) mass is 243 g/mol. The Morgan fingerprint density at radius 2 is 1.94 bits per heavy atom. The quantitative estimate of drug-likeness (QED) is 0.836. The maximum atomic E-state index is 12.4. The number of fused-ring (bicyclic) bond motifs is 1. The molecule has 3 nitrogen and oxygen atoms in total. The zero-order chi connectivity index (χ0) is 12.6. The second kappa shape index (κ2) is 3.80. The third kappa shape index (κ3) is 2.11. The Morgan fingerprint density at radius 1 is 1.24 bits per heavy atom. The van der Waals surface area contributed by atoms with Gasteiger partial charge in [0, 0.05) is 17.0 Å². The number of aromatic amines is 1. The van der Waals surface area contributed by atoms with Gasteiger partial charge in [0.1, 0.15) is 11.4 Å². The number of hydrogen-bond donors (Lipinski definition) is 1. The van der Waals surface area contributed by atoms with Crippen molar-refractivity contribution in [3.8, 4) is 5.75 Å². The number of ether oxygens (including phenoxy) is 1. The van der Waals surface area contributed by atoms with E-state index in [0.29, 0.717) is 11.8 Å². The number of pyridine rings is 1. The van der Waals surface area contributed by atoms with E-state index in [1.165, 1.54) is 25.3 Å². The highest BCUT2D eigenvalue weighted by Gasteiger charge is 2.32. The Kier molecular flexibility index (Phi) is 2.57. The zero-order valence-electron chi connectivity index (χ0n) is 8.76. The van der Waals surface area contributed by atoms with Gasteiger partial charge in [0.2, 0.25) is 0 Å². The summed E-state index contributed by atoms with van der Waals surface area (Å²) >= 11 is 0. The number of H-pyrrole nitrogens is 1. The average Bonchev–Trinajstić information content (AvgIpc) is 2.27. The molecule has 0 amide bonds. The number of alkyl halides is 3. The number of hydrogen-bond acceptors (Lipinski definition) is 2. The largest absolute Gasteiger partial charge is 0.497 e. The van der Waals surface area contributed by atoms with Crippen molar-refractivity contribution in [3.05, 3.63) is 40.2 Å². The average molecular weight is 243 g/mol. The predicted octanol–water partition coefficient (Wildman–Crippen LogP) is 2.56. The minimum atomic E-state index is -4.56. The minimum absolute atomic E-state index is 0.130. The first-order chi connectivity index (χ1) is 7.91. The Bertz CT molecular complexity index is 616. The molecular weight excluding hydrogens is 235 g/mol. The molecule has 17 heavy (non-hydrogen) atoms. The number of aromatic nitrogens is 1. The molecule has 0 bridgehead atoms. The van der Waals surface area contributed by atoms with Gasteiger partial charge in [-0.25, -0.2) is 0 Å². The lowest BCUT2D eigenvalue weighted by Crippen LogP contribution is -2.13. The fraction of sp³-hybridized carbons (Fsp3) is 0.182. The van der Waals surface area contributed by atoms with Gasteiger partial charge in [0.15, 0.2) is 5.43 Å². The molecule has 1 aromatic carbocycles. The molecule has 0 aliphatic rings. The van der Waals surface area contributed by atoms with Gasteiger partial charge in [-0.1, -0.05) is 0 Å². The van der Waals surface area contributed by atoms with Crippen molar-refractivity contribution in [2.45, 2.75) is 6.18 Å². The lowest BCUT2D eigenvalue weighted by atomic mass is 10.2. The van der Waals surface area contributed by atoms with Crippen LogP contribution in [0.25, 0.3) is 10.9 Å². The van der Waals surface area contributed by atoms with Gasteiger partial charge in [-0.2, -0.15) is 13.2 Å². The molecule has 2 rings (SSSR count). The van der Waals surface area contributed by atoms with Gasteiger partial charge >= 0.3 is 6.18 Å². The summed E-state index contributed by atoms with van der Waals surface area (Å²) in [4.78, 5) is 13.7. The van der Waals surface area contributed by atoms with E-state index in [9.17, 15) is 18.0 Å². The van der Waals surface area contributed by atoms with Crippen molar-refractivity contribution in [1.82, 2.24) is 4.98 Å².